The minimum atomic E-state index is -0.107. The van der Waals surface area contributed by atoms with Crippen molar-refractivity contribution >= 4 is 12.0 Å². The molecule has 7 heteroatoms. The molecule has 1 amide bonds. The number of hydrogen-bond donors (Lipinski definition) is 0. The highest BCUT2D eigenvalue weighted by Crippen LogP contribution is 2.28. The molecule has 1 atom stereocenters. The summed E-state index contributed by atoms with van der Waals surface area (Å²) in [4.78, 5) is 18.6. The number of aryl methyl sites for hydroxylation is 1. The van der Waals surface area contributed by atoms with Gasteiger partial charge in [-0.15, -0.1) is 0 Å². The zero-order valence-electron chi connectivity index (χ0n) is 12.6. The highest BCUT2D eigenvalue weighted by molar-refractivity contribution is 5.91. The summed E-state index contributed by atoms with van der Waals surface area (Å²) >= 11 is 0. The minimum Gasteiger partial charge on any atom is -0.343 e. The van der Waals surface area contributed by atoms with E-state index >= 15 is 0 Å². The number of likely N-dealkylation sites (tertiary alicyclic amines) is 1. The van der Waals surface area contributed by atoms with Crippen LogP contribution in [0.3, 0.4) is 0 Å². The molecule has 3 heterocycles. The van der Waals surface area contributed by atoms with Crippen molar-refractivity contribution in [2.24, 2.45) is 7.05 Å². The normalized spacial score (nSPS) is 19.5. The third kappa shape index (κ3) is 3.08. The second-order valence-corrected chi connectivity index (χ2v) is 5.40. The fourth-order valence-corrected chi connectivity index (χ4v) is 2.77. The van der Waals surface area contributed by atoms with Crippen LogP contribution in [0.2, 0.25) is 0 Å². The molecule has 1 saturated heterocycles. The van der Waals surface area contributed by atoms with Gasteiger partial charge in [0.25, 0.3) is 0 Å². The zero-order chi connectivity index (χ0) is 15.4. The molecule has 2 aromatic rings. The molecule has 2 aromatic heterocycles. The second-order valence-electron chi connectivity index (χ2n) is 5.40. The largest absolute Gasteiger partial charge is 0.343 e. The van der Waals surface area contributed by atoms with Crippen LogP contribution in [0.5, 0.6) is 0 Å². The van der Waals surface area contributed by atoms with Crippen molar-refractivity contribution in [2.75, 3.05) is 6.54 Å². The summed E-state index contributed by atoms with van der Waals surface area (Å²) in [6.07, 6.45) is 10.4. The number of carbonyl (C=O) groups excluding carboxylic acids is 1. The van der Waals surface area contributed by atoms with Gasteiger partial charge in [-0.05, 0) is 25.0 Å². The summed E-state index contributed by atoms with van der Waals surface area (Å²) in [6, 6.07) is 1.76. The Balaban J connectivity index is 1.78. The van der Waals surface area contributed by atoms with E-state index in [9.17, 15) is 4.79 Å². The first-order valence-electron chi connectivity index (χ1n) is 7.48. The lowest BCUT2D eigenvalue weighted by molar-refractivity contribution is -0.128. The van der Waals surface area contributed by atoms with Gasteiger partial charge < -0.3 is 9.42 Å². The van der Waals surface area contributed by atoms with Crippen molar-refractivity contribution in [3.63, 3.8) is 0 Å². The summed E-state index contributed by atoms with van der Waals surface area (Å²) in [5, 5.41) is 8.01. The molecule has 1 fully saturated rings. The number of amides is 1. The Kier molecular flexibility index (Phi) is 4.32. The van der Waals surface area contributed by atoms with Crippen molar-refractivity contribution in [1.29, 1.82) is 0 Å². The molecule has 0 radical (unpaired) electrons. The summed E-state index contributed by atoms with van der Waals surface area (Å²) in [6.45, 7) is 0.716. The Morgan fingerprint density at radius 2 is 2.32 bits per heavy atom. The van der Waals surface area contributed by atoms with Crippen LogP contribution in [0.15, 0.2) is 29.3 Å². The molecule has 3 rings (SSSR count). The van der Waals surface area contributed by atoms with Gasteiger partial charge in [0, 0.05) is 25.9 Å². The van der Waals surface area contributed by atoms with Crippen LogP contribution in [0.4, 0.5) is 0 Å². The monoisotopic (exact) mass is 301 g/mol. The summed E-state index contributed by atoms with van der Waals surface area (Å²) in [5.41, 5.74) is 0.888. The lowest BCUT2D eigenvalue weighted by Crippen LogP contribution is -2.34. The van der Waals surface area contributed by atoms with E-state index in [4.69, 9.17) is 4.52 Å². The number of rotatable bonds is 3. The molecule has 1 aliphatic rings. The van der Waals surface area contributed by atoms with Crippen LogP contribution in [0, 0.1) is 0 Å². The predicted molar refractivity (Wildman–Crippen MR) is 79.5 cm³/mol. The smallest absolute Gasteiger partial charge is 0.247 e. The summed E-state index contributed by atoms with van der Waals surface area (Å²) in [7, 11) is 1.85. The van der Waals surface area contributed by atoms with Crippen molar-refractivity contribution in [3.8, 4) is 0 Å². The van der Waals surface area contributed by atoms with Crippen LogP contribution in [0.1, 0.15) is 43.2 Å². The molecule has 116 valence electrons. The third-order valence-corrected chi connectivity index (χ3v) is 3.97. The first-order chi connectivity index (χ1) is 10.8. The van der Waals surface area contributed by atoms with Crippen LogP contribution in [-0.4, -0.2) is 37.3 Å². The lowest BCUT2D eigenvalue weighted by atomic mass is 10.1. The molecule has 1 aliphatic heterocycles. The maximum absolute atomic E-state index is 12.6. The van der Waals surface area contributed by atoms with Crippen LogP contribution in [0.25, 0.3) is 6.08 Å². The van der Waals surface area contributed by atoms with Gasteiger partial charge in [-0.25, -0.2) is 0 Å². The number of aromatic nitrogens is 4. The number of nitrogens with zero attached hydrogens (tertiary/aromatic N) is 5. The topological polar surface area (TPSA) is 77.0 Å². The quantitative estimate of drug-likeness (QED) is 0.810. The SMILES string of the molecule is Cn1nccc1/C=C/C(=O)N1CCCCC[C@H]1c1ncon1. The van der Waals surface area contributed by atoms with Gasteiger partial charge in [-0.1, -0.05) is 18.0 Å². The van der Waals surface area contributed by atoms with Crippen molar-refractivity contribution < 1.29 is 9.32 Å². The maximum atomic E-state index is 12.6. The standard InChI is InChI=1S/C15H19N5O2/c1-19-12(8-9-17-19)6-7-14(21)20-10-4-2-3-5-13(20)15-16-11-22-18-15/h6-9,11,13H,2-5,10H2,1H3/b7-6+/t13-/m0/s1. The lowest BCUT2D eigenvalue weighted by Gasteiger charge is -2.26. The first-order valence-corrected chi connectivity index (χ1v) is 7.48. The molecular weight excluding hydrogens is 282 g/mol. The average Bonchev–Trinajstić information content (AvgIpc) is 3.12. The Morgan fingerprint density at radius 1 is 1.41 bits per heavy atom. The van der Waals surface area contributed by atoms with Gasteiger partial charge in [0.05, 0.1) is 11.7 Å². The van der Waals surface area contributed by atoms with Gasteiger partial charge in [0.2, 0.25) is 12.3 Å². The van der Waals surface area contributed by atoms with Gasteiger partial charge in [0.15, 0.2) is 5.82 Å². The Labute approximate surface area is 128 Å². The molecule has 0 saturated carbocycles. The van der Waals surface area contributed by atoms with E-state index in [1.165, 1.54) is 6.39 Å². The Morgan fingerprint density at radius 3 is 3.05 bits per heavy atom. The Hall–Kier alpha value is -2.44. The van der Waals surface area contributed by atoms with E-state index in [1.807, 2.05) is 18.0 Å². The average molecular weight is 301 g/mol. The molecule has 0 unspecified atom stereocenters. The van der Waals surface area contributed by atoms with E-state index in [-0.39, 0.29) is 11.9 Å². The first kappa shape index (κ1) is 14.5. The molecule has 0 aromatic carbocycles. The highest BCUT2D eigenvalue weighted by Gasteiger charge is 2.28. The summed E-state index contributed by atoms with van der Waals surface area (Å²) < 4.78 is 6.57. The molecule has 0 aliphatic carbocycles. The second kappa shape index (κ2) is 6.55. The number of carbonyl (C=O) groups is 1. The van der Waals surface area contributed by atoms with Crippen LogP contribution < -0.4 is 0 Å². The Bertz CT molecular complexity index is 647. The molecule has 7 nitrogen and oxygen atoms in total. The molecule has 22 heavy (non-hydrogen) atoms. The van der Waals surface area contributed by atoms with Crippen molar-refractivity contribution in [2.45, 2.75) is 31.7 Å². The van der Waals surface area contributed by atoms with E-state index < -0.39 is 0 Å². The fourth-order valence-electron chi connectivity index (χ4n) is 2.77. The van der Waals surface area contributed by atoms with Crippen LogP contribution in [-0.2, 0) is 11.8 Å². The van der Waals surface area contributed by atoms with Gasteiger partial charge in [0.1, 0.15) is 0 Å². The predicted octanol–water partition coefficient (Wildman–Crippen LogP) is 1.96. The molecule has 0 N–H and O–H groups in total. The van der Waals surface area contributed by atoms with Gasteiger partial charge >= 0.3 is 0 Å². The zero-order valence-corrected chi connectivity index (χ0v) is 12.6. The molecule has 0 spiro atoms. The van der Waals surface area contributed by atoms with E-state index in [0.717, 1.165) is 31.4 Å². The minimum absolute atomic E-state index is 0.0297. The summed E-state index contributed by atoms with van der Waals surface area (Å²) in [5.74, 6) is 0.557. The highest BCUT2D eigenvalue weighted by atomic mass is 16.5. The van der Waals surface area contributed by atoms with Crippen molar-refractivity contribution in [3.05, 3.63) is 36.3 Å². The van der Waals surface area contributed by atoms with Gasteiger partial charge in [-0.3, -0.25) is 9.48 Å². The van der Waals surface area contributed by atoms with E-state index in [1.54, 1.807) is 23.0 Å². The van der Waals surface area contributed by atoms with E-state index in [0.29, 0.717) is 12.4 Å². The number of hydrogen-bond acceptors (Lipinski definition) is 5. The van der Waals surface area contributed by atoms with Gasteiger partial charge in [-0.2, -0.15) is 10.1 Å². The molecule has 0 bridgehead atoms. The van der Waals surface area contributed by atoms with E-state index in [2.05, 4.69) is 15.2 Å². The molecular formula is C15H19N5O2. The fraction of sp³-hybridized carbons (Fsp3) is 0.467. The maximum Gasteiger partial charge on any atom is 0.247 e. The third-order valence-electron chi connectivity index (χ3n) is 3.97. The van der Waals surface area contributed by atoms with Crippen LogP contribution >= 0.6 is 0 Å². The van der Waals surface area contributed by atoms with Crippen molar-refractivity contribution in [1.82, 2.24) is 24.8 Å².